The second-order valence-electron chi connectivity index (χ2n) is 4.50. The van der Waals surface area contributed by atoms with E-state index < -0.39 is 0 Å². The van der Waals surface area contributed by atoms with E-state index in [9.17, 15) is 9.59 Å². The van der Waals surface area contributed by atoms with Crippen molar-refractivity contribution >= 4 is 11.9 Å². The van der Waals surface area contributed by atoms with Crippen molar-refractivity contribution in [1.82, 2.24) is 4.90 Å². The molecule has 0 spiro atoms. The fourth-order valence-electron chi connectivity index (χ4n) is 1.98. The Kier molecular flexibility index (Phi) is 6.07. The van der Waals surface area contributed by atoms with Gasteiger partial charge in [-0.15, -0.1) is 0 Å². The van der Waals surface area contributed by atoms with Gasteiger partial charge in [-0.3, -0.25) is 9.59 Å². The zero-order valence-corrected chi connectivity index (χ0v) is 11.1. The van der Waals surface area contributed by atoms with E-state index in [1.54, 1.807) is 11.9 Å². The van der Waals surface area contributed by atoms with Gasteiger partial charge in [0.25, 0.3) is 5.91 Å². The number of hydrogen-bond donors (Lipinski definition) is 1. The summed E-state index contributed by atoms with van der Waals surface area (Å²) < 4.78 is 10.1. The lowest BCUT2D eigenvalue weighted by Crippen LogP contribution is -2.37. The van der Waals surface area contributed by atoms with Gasteiger partial charge in [0.05, 0.1) is 13.2 Å². The summed E-state index contributed by atoms with van der Waals surface area (Å²) in [7, 11) is 3.08. The van der Waals surface area contributed by atoms with E-state index in [0.29, 0.717) is 25.9 Å². The van der Waals surface area contributed by atoms with Gasteiger partial charge in [0.15, 0.2) is 0 Å². The number of carbonyl (C=O) groups excluding carboxylic acids is 2. The Bertz CT molecular complexity index is 296. The number of rotatable bonds is 6. The van der Waals surface area contributed by atoms with Crippen molar-refractivity contribution in [2.24, 2.45) is 5.73 Å². The maximum Gasteiger partial charge on any atom is 0.305 e. The summed E-state index contributed by atoms with van der Waals surface area (Å²) in [5.41, 5.74) is 5.50. The van der Waals surface area contributed by atoms with Gasteiger partial charge in [-0.2, -0.15) is 0 Å². The number of amides is 1. The van der Waals surface area contributed by atoms with Crippen LogP contribution in [0.25, 0.3) is 0 Å². The average Bonchev–Trinajstić information content (AvgIpc) is 2.86. The van der Waals surface area contributed by atoms with E-state index in [0.717, 1.165) is 12.8 Å². The Morgan fingerprint density at radius 3 is 2.72 bits per heavy atom. The van der Waals surface area contributed by atoms with Crippen LogP contribution in [0.4, 0.5) is 0 Å². The highest BCUT2D eigenvalue weighted by molar-refractivity contribution is 5.81. The van der Waals surface area contributed by atoms with E-state index >= 15 is 0 Å². The first kappa shape index (κ1) is 14.9. The Balaban J connectivity index is 2.27. The molecule has 0 bridgehead atoms. The molecule has 0 aromatic heterocycles. The van der Waals surface area contributed by atoms with E-state index in [4.69, 9.17) is 10.5 Å². The summed E-state index contributed by atoms with van der Waals surface area (Å²) in [6.45, 7) is 0.983. The van der Waals surface area contributed by atoms with Crippen LogP contribution < -0.4 is 5.73 Å². The van der Waals surface area contributed by atoms with Crippen molar-refractivity contribution in [1.29, 1.82) is 0 Å². The van der Waals surface area contributed by atoms with Gasteiger partial charge in [-0.1, -0.05) is 0 Å². The third kappa shape index (κ3) is 4.27. The standard InChI is InChI=1S/C12H22N2O4/c1-14(7-3-4-11(15)17-2)12(16)10-6-5-9(8-13)18-10/h9-10H,3-8,13H2,1-2H3. The summed E-state index contributed by atoms with van der Waals surface area (Å²) in [5, 5.41) is 0. The van der Waals surface area contributed by atoms with E-state index in [-0.39, 0.29) is 24.1 Å². The number of nitrogens with zero attached hydrogens (tertiary/aromatic N) is 1. The monoisotopic (exact) mass is 258 g/mol. The van der Waals surface area contributed by atoms with Crippen molar-refractivity contribution in [2.45, 2.75) is 37.9 Å². The number of likely N-dealkylation sites (N-methyl/N-ethyl adjacent to an activating group) is 1. The number of carbonyl (C=O) groups is 2. The average molecular weight is 258 g/mol. The molecule has 2 unspecified atom stereocenters. The molecule has 6 heteroatoms. The number of methoxy groups -OCH3 is 1. The van der Waals surface area contributed by atoms with Gasteiger partial charge in [0.2, 0.25) is 0 Å². The largest absolute Gasteiger partial charge is 0.469 e. The van der Waals surface area contributed by atoms with Crippen molar-refractivity contribution in [3.63, 3.8) is 0 Å². The quantitative estimate of drug-likeness (QED) is 0.673. The number of esters is 1. The van der Waals surface area contributed by atoms with Gasteiger partial charge in [-0.25, -0.2) is 0 Å². The lowest BCUT2D eigenvalue weighted by Gasteiger charge is -2.21. The molecule has 0 saturated carbocycles. The van der Waals surface area contributed by atoms with E-state index in [2.05, 4.69) is 4.74 Å². The van der Waals surface area contributed by atoms with Crippen LogP contribution in [0.15, 0.2) is 0 Å². The van der Waals surface area contributed by atoms with Crippen LogP contribution in [0.2, 0.25) is 0 Å². The molecule has 1 aliphatic heterocycles. The molecule has 1 heterocycles. The molecule has 0 aliphatic carbocycles. The molecule has 18 heavy (non-hydrogen) atoms. The Hall–Kier alpha value is -1.14. The molecular formula is C12H22N2O4. The van der Waals surface area contributed by atoms with Crippen LogP contribution in [-0.4, -0.2) is 56.2 Å². The van der Waals surface area contributed by atoms with Crippen molar-refractivity contribution < 1.29 is 19.1 Å². The van der Waals surface area contributed by atoms with Gasteiger partial charge in [0.1, 0.15) is 6.10 Å². The second kappa shape index (κ2) is 7.33. The summed E-state index contributed by atoms with van der Waals surface area (Å²) in [4.78, 5) is 24.5. The van der Waals surface area contributed by atoms with Crippen LogP contribution in [0.5, 0.6) is 0 Å². The summed E-state index contributed by atoms with van der Waals surface area (Å²) in [5.74, 6) is -0.285. The van der Waals surface area contributed by atoms with Crippen LogP contribution in [0.1, 0.15) is 25.7 Å². The zero-order chi connectivity index (χ0) is 13.5. The van der Waals surface area contributed by atoms with Crippen LogP contribution in [0, 0.1) is 0 Å². The van der Waals surface area contributed by atoms with Crippen LogP contribution in [0.3, 0.4) is 0 Å². The highest BCUT2D eigenvalue weighted by Gasteiger charge is 2.31. The van der Waals surface area contributed by atoms with Gasteiger partial charge in [0, 0.05) is 26.6 Å². The summed E-state index contributed by atoms with van der Waals surface area (Å²) in [6, 6.07) is 0. The molecule has 104 valence electrons. The summed E-state index contributed by atoms with van der Waals surface area (Å²) >= 11 is 0. The van der Waals surface area contributed by atoms with Crippen LogP contribution >= 0.6 is 0 Å². The molecular weight excluding hydrogens is 236 g/mol. The molecule has 6 nitrogen and oxygen atoms in total. The van der Waals surface area contributed by atoms with Gasteiger partial charge in [-0.05, 0) is 19.3 Å². The number of ether oxygens (including phenoxy) is 2. The molecule has 1 fully saturated rings. The number of hydrogen-bond acceptors (Lipinski definition) is 5. The molecule has 2 atom stereocenters. The first-order valence-corrected chi connectivity index (χ1v) is 6.25. The molecule has 1 amide bonds. The highest BCUT2D eigenvalue weighted by atomic mass is 16.5. The molecule has 2 N–H and O–H groups in total. The topological polar surface area (TPSA) is 81.9 Å². The predicted molar refractivity (Wildman–Crippen MR) is 65.8 cm³/mol. The Morgan fingerprint density at radius 1 is 1.44 bits per heavy atom. The fraction of sp³-hybridized carbons (Fsp3) is 0.833. The van der Waals surface area contributed by atoms with Crippen LogP contribution in [-0.2, 0) is 19.1 Å². The Labute approximate surface area is 107 Å². The maximum atomic E-state index is 12.0. The molecule has 0 radical (unpaired) electrons. The second-order valence-corrected chi connectivity index (χ2v) is 4.50. The SMILES string of the molecule is COC(=O)CCCN(C)C(=O)C1CCC(CN)O1. The molecule has 1 rings (SSSR count). The minimum atomic E-state index is -0.373. The molecule has 0 aromatic carbocycles. The van der Waals surface area contributed by atoms with E-state index in [1.807, 2.05) is 0 Å². The lowest BCUT2D eigenvalue weighted by molar-refractivity contribution is -0.143. The minimum Gasteiger partial charge on any atom is -0.469 e. The van der Waals surface area contributed by atoms with Crippen molar-refractivity contribution in [3.05, 3.63) is 0 Å². The normalized spacial score (nSPS) is 22.8. The maximum absolute atomic E-state index is 12.0. The first-order chi connectivity index (χ1) is 8.58. The first-order valence-electron chi connectivity index (χ1n) is 6.25. The Morgan fingerprint density at radius 2 is 2.17 bits per heavy atom. The third-order valence-electron chi connectivity index (χ3n) is 3.12. The number of nitrogens with two attached hydrogens (primary N) is 1. The lowest BCUT2D eigenvalue weighted by atomic mass is 10.2. The van der Waals surface area contributed by atoms with Gasteiger partial charge >= 0.3 is 5.97 Å². The van der Waals surface area contributed by atoms with Crippen molar-refractivity contribution in [2.75, 3.05) is 27.2 Å². The molecule has 0 aromatic rings. The molecule has 1 aliphatic rings. The summed E-state index contributed by atoms with van der Waals surface area (Å²) in [6.07, 6.45) is 2.11. The highest BCUT2D eigenvalue weighted by Crippen LogP contribution is 2.20. The van der Waals surface area contributed by atoms with Gasteiger partial charge < -0.3 is 20.1 Å². The minimum absolute atomic E-state index is 0.00224. The fourth-order valence-corrected chi connectivity index (χ4v) is 1.98. The zero-order valence-electron chi connectivity index (χ0n) is 11.1. The third-order valence-corrected chi connectivity index (χ3v) is 3.12. The predicted octanol–water partition coefficient (Wildman–Crippen LogP) is -0.0957. The van der Waals surface area contributed by atoms with E-state index in [1.165, 1.54) is 7.11 Å². The molecule has 1 saturated heterocycles. The van der Waals surface area contributed by atoms with Crippen molar-refractivity contribution in [3.8, 4) is 0 Å². The smallest absolute Gasteiger partial charge is 0.305 e.